The molecule has 1 aliphatic heterocycles. The van der Waals surface area contributed by atoms with E-state index < -0.39 is 0 Å². The Morgan fingerprint density at radius 3 is 2.74 bits per heavy atom. The Morgan fingerprint density at radius 2 is 2.07 bits per heavy atom. The number of nitrogens with one attached hydrogen (secondary N) is 1. The van der Waals surface area contributed by atoms with Crippen molar-refractivity contribution in [3.8, 4) is 5.75 Å². The molecule has 2 fully saturated rings. The van der Waals surface area contributed by atoms with Gasteiger partial charge in [0.05, 0.1) is 18.7 Å². The molecule has 1 aliphatic carbocycles. The summed E-state index contributed by atoms with van der Waals surface area (Å²) in [6, 6.07) is 4.34. The van der Waals surface area contributed by atoms with E-state index in [2.05, 4.69) is 29.0 Å². The molecule has 0 unspecified atom stereocenters. The van der Waals surface area contributed by atoms with E-state index >= 15 is 0 Å². The molecule has 1 aromatic heterocycles. The highest BCUT2D eigenvalue weighted by atomic mass is 16.5. The number of aryl methyl sites for hydroxylation is 1. The molecule has 0 aromatic carbocycles. The highest BCUT2D eigenvalue weighted by Gasteiger charge is 2.33. The second-order valence-corrected chi connectivity index (χ2v) is 8.85. The minimum Gasteiger partial charge on any atom is -0.492 e. The lowest BCUT2D eigenvalue weighted by atomic mass is 9.88. The van der Waals surface area contributed by atoms with E-state index in [-0.39, 0.29) is 11.8 Å². The molecule has 1 aromatic rings. The van der Waals surface area contributed by atoms with Crippen molar-refractivity contribution < 1.29 is 9.53 Å². The highest BCUT2D eigenvalue weighted by Crippen LogP contribution is 2.25. The van der Waals surface area contributed by atoms with Gasteiger partial charge in [-0.2, -0.15) is 0 Å². The van der Waals surface area contributed by atoms with Gasteiger partial charge in [-0.1, -0.05) is 26.7 Å². The van der Waals surface area contributed by atoms with Gasteiger partial charge < -0.3 is 15.0 Å². The zero-order valence-electron chi connectivity index (χ0n) is 17.1. The Kier molecular flexibility index (Phi) is 7.11. The number of carbonyl (C=O) groups is 1. The maximum atomic E-state index is 12.9. The van der Waals surface area contributed by atoms with E-state index in [0.717, 1.165) is 50.3 Å². The molecule has 27 heavy (non-hydrogen) atoms. The monoisotopic (exact) mass is 373 g/mol. The summed E-state index contributed by atoms with van der Waals surface area (Å²) in [7, 11) is 0. The molecule has 2 heterocycles. The van der Waals surface area contributed by atoms with Crippen molar-refractivity contribution >= 4 is 5.91 Å². The summed E-state index contributed by atoms with van der Waals surface area (Å²) in [6.45, 7) is 10.0. The molecule has 3 rings (SSSR count). The number of piperidine rings is 1. The average Bonchev–Trinajstić information content (AvgIpc) is 3.13. The summed E-state index contributed by atoms with van der Waals surface area (Å²) in [5.74, 6) is 2.11. The maximum Gasteiger partial charge on any atom is 0.224 e. The summed E-state index contributed by atoms with van der Waals surface area (Å²) in [4.78, 5) is 19.6. The molecule has 5 heteroatoms. The predicted molar refractivity (Wildman–Crippen MR) is 108 cm³/mol. The van der Waals surface area contributed by atoms with Crippen LogP contribution >= 0.6 is 0 Å². The van der Waals surface area contributed by atoms with Crippen molar-refractivity contribution in [2.45, 2.75) is 58.9 Å². The van der Waals surface area contributed by atoms with Gasteiger partial charge in [0.2, 0.25) is 5.91 Å². The molecule has 5 nitrogen and oxygen atoms in total. The molecule has 1 saturated carbocycles. The third-order valence-corrected chi connectivity index (χ3v) is 5.68. The van der Waals surface area contributed by atoms with Gasteiger partial charge in [-0.15, -0.1) is 0 Å². The smallest absolute Gasteiger partial charge is 0.224 e. The van der Waals surface area contributed by atoms with Gasteiger partial charge in [-0.3, -0.25) is 9.78 Å². The van der Waals surface area contributed by atoms with Crippen LogP contribution < -0.4 is 10.1 Å². The fourth-order valence-corrected chi connectivity index (χ4v) is 4.42. The van der Waals surface area contributed by atoms with E-state index in [9.17, 15) is 4.79 Å². The highest BCUT2D eigenvalue weighted by molar-refractivity contribution is 5.79. The third kappa shape index (κ3) is 6.20. The Balaban J connectivity index is 1.57. The molecule has 0 radical (unpaired) electrons. The van der Waals surface area contributed by atoms with Crippen LogP contribution in [-0.4, -0.2) is 48.1 Å². The number of pyridine rings is 1. The van der Waals surface area contributed by atoms with Crippen molar-refractivity contribution in [3.63, 3.8) is 0 Å². The van der Waals surface area contributed by atoms with Crippen LogP contribution in [0.25, 0.3) is 0 Å². The van der Waals surface area contributed by atoms with E-state index in [4.69, 9.17) is 4.74 Å². The van der Waals surface area contributed by atoms with Gasteiger partial charge in [0.15, 0.2) is 0 Å². The molecule has 0 bridgehead atoms. The zero-order valence-corrected chi connectivity index (χ0v) is 17.1. The van der Waals surface area contributed by atoms with Crippen LogP contribution in [0.4, 0.5) is 0 Å². The van der Waals surface area contributed by atoms with Gasteiger partial charge in [0.25, 0.3) is 0 Å². The standard InChI is InChI=1S/C22H35N3O2/c1-16(2)12-25-13-18(15-27-21-9-8-17(3)23-11-21)10-19(14-25)22(26)24-20-6-4-5-7-20/h8-9,11,16,18-20H,4-7,10,12-15H2,1-3H3,(H,24,26)/t18-,19+/m0/s1. The quantitative estimate of drug-likeness (QED) is 0.796. The van der Waals surface area contributed by atoms with Crippen molar-refractivity contribution in [1.82, 2.24) is 15.2 Å². The summed E-state index contributed by atoms with van der Waals surface area (Å²) in [5.41, 5.74) is 0.992. The second kappa shape index (κ2) is 9.54. The third-order valence-electron chi connectivity index (χ3n) is 5.68. The lowest BCUT2D eigenvalue weighted by molar-refractivity contribution is -0.128. The molecule has 1 saturated heterocycles. The van der Waals surface area contributed by atoms with E-state index in [1.54, 1.807) is 6.20 Å². The SMILES string of the molecule is Cc1ccc(OC[C@H]2C[C@@H](C(=O)NC3CCCC3)CN(CC(C)C)C2)cn1. The Hall–Kier alpha value is -1.62. The fraction of sp³-hybridized carbons (Fsp3) is 0.727. The molecule has 1 amide bonds. The van der Waals surface area contributed by atoms with Crippen LogP contribution in [0.1, 0.15) is 51.6 Å². The molecular formula is C22H35N3O2. The normalized spacial score (nSPS) is 24.3. The van der Waals surface area contributed by atoms with Gasteiger partial charge in [-0.05, 0) is 44.2 Å². The predicted octanol–water partition coefficient (Wildman–Crippen LogP) is 3.42. The number of aromatic nitrogens is 1. The number of rotatable bonds is 7. The van der Waals surface area contributed by atoms with Crippen molar-refractivity contribution in [1.29, 1.82) is 0 Å². The first-order valence-corrected chi connectivity index (χ1v) is 10.6. The second-order valence-electron chi connectivity index (χ2n) is 8.85. The minimum atomic E-state index is 0.0721. The molecule has 0 spiro atoms. The topological polar surface area (TPSA) is 54.5 Å². The number of carbonyl (C=O) groups excluding carboxylic acids is 1. The summed E-state index contributed by atoms with van der Waals surface area (Å²) >= 11 is 0. The van der Waals surface area contributed by atoms with Crippen LogP contribution in [0.3, 0.4) is 0 Å². The number of hydrogen-bond acceptors (Lipinski definition) is 4. The number of nitrogens with zero attached hydrogens (tertiary/aromatic N) is 2. The number of amides is 1. The van der Waals surface area contributed by atoms with Crippen LogP contribution in [-0.2, 0) is 4.79 Å². The number of ether oxygens (including phenoxy) is 1. The fourth-order valence-electron chi connectivity index (χ4n) is 4.42. The van der Waals surface area contributed by atoms with Gasteiger partial charge >= 0.3 is 0 Å². The average molecular weight is 374 g/mol. The molecule has 2 aliphatic rings. The van der Waals surface area contributed by atoms with Crippen LogP contribution in [0.15, 0.2) is 18.3 Å². The van der Waals surface area contributed by atoms with E-state index in [1.807, 2.05) is 19.1 Å². The summed E-state index contributed by atoms with van der Waals surface area (Å²) in [5, 5.41) is 3.31. The molecule has 1 N–H and O–H groups in total. The van der Waals surface area contributed by atoms with E-state index in [0.29, 0.717) is 24.5 Å². The van der Waals surface area contributed by atoms with Crippen LogP contribution in [0, 0.1) is 24.7 Å². The zero-order chi connectivity index (χ0) is 19.2. The summed E-state index contributed by atoms with van der Waals surface area (Å²) in [6.07, 6.45) is 7.47. The molecular weight excluding hydrogens is 338 g/mol. The van der Waals surface area contributed by atoms with Crippen molar-refractivity contribution in [2.24, 2.45) is 17.8 Å². The van der Waals surface area contributed by atoms with Crippen LogP contribution in [0.2, 0.25) is 0 Å². The van der Waals surface area contributed by atoms with Crippen molar-refractivity contribution in [3.05, 3.63) is 24.0 Å². The van der Waals surface area contributed by atoms with Crippen LogP contribution in [0.5, 0.6) is 5.75 Å². The maximum absolute atomic E-state index is 12.9. The van der Waals surface area contributed by atoms with E-state index in [1.165, 1.54) is 12.8 Å². The summed E-state index contributed by atoms with van der Waals surface area (Å²) < 4.78 is 5.99. The minimum absolute atomic E-state index is 0.0721. The molecule has 2 atom stereocenters. The Bertz CT molecular complexity index is 596. The Labute approximate surface area is 163 Å². The largest absolute Gasteiger partial charge is 0.492 e. The first-order chi connectivity index (χ1) is 13.0. The Morgan fingerprint density at radius 1 is 1.30 bits per heavy atom. The lowest BCUT2D eigenvalue weighted by Gasteiger charge is -2.38. The molecule has 150 valence electrons. The van der Waals surface area contributed by atoms with Crippen molar-refractivity contribution in [2.75, 3.05) is 26.2 Å². The first kappa shape index (κ1) is 20.1. The number of hydrogen-bond donors (Lipinski definition) is 1. The lowest BCUT2D eigenvalue weighted by Crippen LogP contribution is -2.49. The van der Waals surface area contributed by atoms with Gasteiger partial charge in [0.1, 0.15) is 5.75 Å². The number of likely N-dealkylation sites (tertiary alicyclic amines) is 1. The van der Waals surface area contributed by atoms with Gasteiger partial charge in [0, 0.05) is 37.3 Å². The first-order valence-electron chi connectivity index (χ1n) is 10.6. The van der Waals surface area contributed by atoms with Gasteiger partial charge in [-0.25, -0.2) is 0 Å².